The van der Waals surface area contributed by atoms with Crippen molar-refractivity contribution >= 4 is 41.4 Å². The number of ether oxygens (including phenoxy) is 1. The van der Waals surface area contributed by atoms with Gasteiger partial charge in [-0.05, 0) is 61.9 Å². The fourth-order valence-corrected chi connectivity index (χ4v) is 4.83. The van der Waals surface area contributed by atoms with Crippen LogP contribution < -0.4 is 21.5 Å². The van der Waals surface area contributed by atoms with E-state index in [1.165, 1.54) is 6.34 Å². The van der Waals surface area contributed by atoms with E-state index in [0.29, 0.717) is 41.5 Å². The summed E-state index contributed by atoms with van der Waals surface area (Å²) in [5.74, 6) is 0.0179. The number of benzene rings is 2. The van der Waals surface area contributed by atoms with Crippen molar-refractivity contribution in [2.24, 2.45) is 4.99 Å². The van der Waals surface area contributed by atoms with Crippen LogP contribution in [0.5, 0.6) is 0 Å². The van der Waals surface area contributed by atoms with E-state index in [-0.39, 0.29) is 36.0 Å². The zero-order chi connectivity index (χ0) is 27.2. The molecule has 5 rings (SSSR count). The quantitative estimate of drug-likeness (QED) is 0.269. The van der Waals surface area contributed by atoms with Gasteiger partial charge < -0.3 is 19.9 Å². The molecule has 1 aliphatic carbocycles. The standard InChI is InChI=1S/C28H29ClN6O4/c29-24-23-14-13-22(35(23)27(37)25(34-24)33-21-7-4-8-21)15-30-26(36)19-9-11-20(12-10-19)31-17-32-28(38)39-16-18-5-2-1-3-6-18/h1-3,5-6,9-12,17,21-22H,4,7-8,13-16H2,(H,30,36)(H,33,34)(H,31,32,38). The highest BCUT2D eigenvalue weighted by Gasteiger charge is 2.29. The third-order valence-electron chi connectivity index (χ3n) is 6.92. The highest BCUT2D eigenvalue weighted by Crippen LogP contribution is 2.29. The Morgan fingerprint density at radius 2 is 1.87 bits per heavy atom. The molecule has 10 nitrogen and oxygen atoms in total. The van der Waals surface area contributed by atoms with E-state index in [0.717, 1.165) is 24.8 Å². The molecule has 3 aromatic rings. The molecule has 1 unspecified atom stereocenters. The lowest BCUT2D eigenvalue weighted by atomic mass is 9.93. The summed E-state index contributed by atoms with van der Waals surface area (Å²) in [5.41, 5.74) is 2.40. The summed E-state index contributed by atoms with van der Waals surface area (Å²) in [5, 5.41) is 8.91. The fraction of sp³-hybridized carbons (Fsp3) is 0.321. The molecule has 0 saturated heterocycles. The van der Waals surface area contributed by atoms with Gasteiger partial charge >= 0.3 is 6.09 Å². The minimum absolute atomic E-state index is 0.161. The van der Waals surface area contributed by atoms with Gasteiger partial charge in [0, 0.05) is 18.2 Å². The van der Waals surface area contributed by atoms with Crippen molar-refractivity contribution < 1.29 is 14.3 Å². The zero-order valence-corrected chi connectivity index (χ0v) is 22.0. The van der Waals surface area contributed by atoms with Crippen LogP contribution in [0.1, 0.15) is 53.3 Å². The van der Waals surface area contributed by atoms with Crippen LogP contribution in [0.3, 0.4) is 0 Å². The maximum Gasteiger partial charge on any atom is 0.412 e. The molecule has 1 aromatic heterocycles. The van der Waals surface area contributed by atoms with Crippen LogP contribution in [0.4, 0.5) is 16.3 Å². The number of halogens is 1. The summed E-state index contributed by atoms with van der Waals surface area (Å²) < 4.78 is 6.80. The van der Waals surface area contributed by atoms with Gasteiger partial charge in [-0.25, -0.2) is 14.8 Å². The number of amides is 2. The predicted octanol–water partition coefficient (Wildman–Crippen LogP) is 4.36. The van der Waals surface area contributed by atoms with Gasteiger partial charge in [0.25, 0.3) is 11.5 Å². The molecule has 2 amide bonds. The minimum atomic E-state index is -0.616. The van der Waals surface area contributed by atoms with E-state index in [2.05, 4.69) is 25.9 Å². The van der Waals surface area contributed by atoms with Gasteiger partial charge in [0.15, 0.2) is 11.0 Å². The van der Waals surface area contributed by atoms with Gasteiger partial charge in [0.1, 0.15) is 6.61 Å². The molecule has 0 radical (unpaired) electrons. The molecular weight excluding hydrogens is 520 g/mol. The third-order valence-corrected chi connectivity index (χ3v) is 7.22. The van der Waals surface area contributed by atoms with E-state index < -0.39 is 6.09 Å². The number of nitrogens with zero attached hydrogens (tertiary/aromatic N) is 3. The molecular formula is C28H29ClN6O4. The zero-order valence-electron chi connectivity index (χ0n) is 21.2. The van der Waals surface area contributed by atoms with E-state index in [9.17, 15) is 14.4 Å². The molecule has 1 atom stereocenters. The minimum Gasteiger partial charge on any atom is -0.444 e. The number of aliphatic imine (C=N–C) groups is 1. The second kappa shape index (κ2) is 12.1. The molecule has 202 valence electrons. The highest BCUT2D eigenvalue weighted by molar-refractivity contribution is 6.30. The Balaban J connectivity index is 1.12. The Bertz CT molecular complexity index is 1420. The van der Waals surface area contributed by atoms with E-state index in [4.69, 9.17) is 16.3 Å². The van der Waals surface area contributed by atoms with Crippen LogP contribution in [-0.4, -0.2) is 40.5 Å². The Labute approximate surface area is 230 Å². The third kappa shape index (κ3) is 6.46. The SMILES string of the molecule is O=C(NC=Nc1ccc(C(=O)NCC2CCc3c(Cl)nc(NC4CCC4)c(=O)n32)cc1)OCc1ccccc1. The largest absolute Gasteiger partial charge is 0.444 e. The first-order chi connectivity index (χ1) is 19.0. The van der Waals surface area contributed by atoms with Gasteiger partial charge in [-0.2, -0.15) is 0 Å². The normalized spacial score (nSPS) is 16.4. The van der Waals surface area contributed by atoms with Crippen molar-refractivity contribution in [1.82, 2.24) is 20.2 Å². The van der Waals surface area contributed by atoms with Crippen molar-refractivity contribution in [3.63, 3.8) is 0 Å². The number of rotatable bonds is 9. The molecule has 2 aromatic carbocycles. The number of hydrogen-bond acceptors (Lipinski definition) is 7. The summed E-state index contributed by atoms with van der Waals surface area (Å²) in [6.45, 7) is 0.456. The fourth-order valence-electron chi connectivity index (χ4n) is 4.56. The van der Waals surface area contributed by atoms with Crippen molar-refractivity contribution in [2.45, 2.75) is 50.8 Å². The Morgan fingerprint density at radius 3 is 2.59 bits per heavy atom. The Kier molecular flexibility index (Phi) is 8.21. The first-order valence-corrected chi connectivity index (χ1v) is 13.3. The maximum absolute atomic E-state index is 13.1. The lowest BCUT2D eigenvalue weighted by molar-refractivity contribution is 0.0947. The summed E-state index contributed by atoms with van der Waals surface area (Å²) >= 11 is 6.38. The predicted molar refractivity (Wildman–Crippen MR) is 149 cm³/mol. The van der Waals surface area contributed by atoms with Crippen LogP contribution >= 0.6 is 11.6 Å². The van der Waals surface area contributed by atoms with Gasteiger partial charge in [0.2, 0.25) is 0 Å². The molecule has 1 saturated carbocycles. The number of alkyl carbamates (subject to hydrolysis) is 1. The van der Waals surface area contributed by atoms with Crippen LogP contribution in [0.25, 0.3) is 0 Å². The average molecular weight is 549 g/mol. The summed E-state index contributed by atoms with van der Waals surface area (Å²) in [4.78, 5) is 46.1. The van der Waals surface area contributed by atoms with Gasteiger partial charge in [-0.15, -0.1) is 0 Å². The molecule has 2 heterocycles. The smallest absolute Gasteiger partial charge is 0.412 e. The van der Waals surface area contributed by atoms with Crippen molar-refractivity contribution in [3.8, 4) is 0 Å². The van der Waals surface area contributed by atoms with Crippen molar-refractivity contribution in [3.05, 3.63) is 86.9 Å². The second-order valence-corrected chi connectivity index (χ2v) is 9.92. The number of aromatic nitrogens is 2. The van der Waals surface area contributed by atoms with E-state index >= 15 is 0 Å². The molecule has 0 bridgehead atoms. The Hall–Kier alpha value is -4.18. The lowest BCUT2D eigenvalue weighted by Gasteiger charge is -2.27. The number of fused-ring (bicyclic) bond motifs is 1. The average Bonchev–Trinajstić information content (AvgIpc) is 3.36. The first-order valence-electron chi connectivity index (χ1n) is 12.9. The van der Waals surface area contributed by atoms with Gasteiger partial charge in [-0.3, -0.25) is 14.9 Å². The molecule has 11 heteroatoms. The molecule has 2 aliphatic rings. The van der Waals surface area contributed by atoms with Crippen LogP contribution in [-0.2, 0) is 17.8 Å². The van der Waals surface area contributed by atoms with Gasteiger partial charge in [0.05, 0.1) is 23.8 Å². The second-order valence-electron chi connectivity index (χ2n) is 9.56. The monoisotopic (exact) mass is 548 g/mol. The highest BCUT2D eigenvalue weighted by atomic mass is 35.5. The van der Waals surface area contributed by atoms with E-state index in [1.807, 2.05) is 30.3 Å². The van der Waals surface area contributed by atoms with E-state index in [1.54, 1.807) is 28.8 Å². The number of hydrogen-bond donors (Lipinski definition) is 3. The lowest BCUT2D eigenvalue weighted by Crippen LogP contribution is -2.37. The van der Waals surface area contributed by atoms with Crippen molar-refractivity contribution in [2.75, 3.05) is 11.9 Å². The van der Waals surface area contributed by atoms with Crippen molar-refractivity contribution in [1.29, 1.82) is 0 Å². The molecule has 1 fully saturated rings. The number of carbonyl (C=O) groups excluding carboxylic acids is 2. The number of carbonyl (C=O) groups is 2. The summed E-state index contributed by atoms with van der Waals surface area (Å²) in [6, 6.07) is 16.0. The Morgan fingerprint density at radius 1 is 1.10 bits per heavy atom. The molecule has 0 spiro atoms. The molecule has 3 N–H and O–H groups in total. The number of anilines is 1. The summed E-state index contributed by atoms with van der Waals surface area (Å²) in [7, 11) is 0. The topological polar surface area (TPSA) is 127 Å². The van der Waals surface area contributed by atoms with Crippen LogP contribution in [0, 0.1) is 0 Å². The summed E-state index contributed by atoms with van der Waals surface area (Å²) in [6.07, 6.45) is 5.12. The molecule has 39 heavy (non-hydrogen) atoms. The van der Waals surface area contributed by atoms with Crippen LogP contribution in [0.2, 0.25) is 5.15 Å². The first kappa shape index (κ1) is 26.4. The van der Waals surface area contributed by atoms with Crippen LogP contribution in [0.15, 0.2) is 64.4 Å². The number of nitrogens with one attached hydrogen (secondary N) is 3. The van der Waals surface area contributed by atoms with Gasteiger partial charge in [-0.1, -0.05) is 41.9 Å². The molecule has 1 aliphatic heterocycles. The maximum atomic E-state index is 13.1.